The summed E-state index contributed by atoms with van der Waals surface area (Å²) in [6.07, 6.45) is 7.05. The Labute approximate surface area is 119 Å². The minimum atomic E-state index is -0.102. The number of H-pyrrole nitrogens is 1. The van der Waals surface area contributed by atoms with Crippen LogP contribution in [0.1, 0.15) is 35.1 Å². The van der Waals surface area contributed by atoms with Crippen molar-refractivity contribution in [3.05, 3.63) is 42.2 Å². The van der Waals surface area contributed by atoms with E-state index >= 15 is 0 Å². The molecule has 1 amide bonds. The van der Waals surface area contributed by atoms with E-state index in [1.165, 1.54) is 0 Å². The lowest BCUT2D eigenvalue weighted by Crippen LogP contribution is -2.31. The zero-order valence-electron chi connectivity index (χ0n) is 11.2. The summed E-state index contributed by atoms with van der Waals surface area (Å²) in [7, 11) is 0. The lowest BCUT2D eigenvalue weighted by molar-refractivity contribution is 0.0729. The summed E-state index contributed by atoms with van der Waals surface area (Å²) < 4.78 is 1.84. The zero-order valence-corrected chi connectivity index (χ0v) is 11.2. The van der Waals surface area contributed by atoms with Gasteiger partial charge in [-0.05, 0) is 25.0 Å². The summed E-state index contributed by atoms with van der Waals surface area (Å²) in [6, 6.07) is 3.61. The van der Waals surface area contributed by atoms with E-state index in [0.717, 1.165) is 18.4 Å². The molecule has 1 N–H and O–H groups in total. The molecule has 4 rings (SSSR count). The van der Waals surface area contributed by atoms with Crippen LogP contribution in [0.3, 0.4) is 0 Å². The zero-order chi connectivity index (χ0) is 14.2. The van der Waals surface area contributed by atoms with Crippen molar-refractivity contribution in [2.24, 2.45) is 0 Å². The van der Waals surface area contributed by atoms with E-state index in [-0.39, 0.29) is 11.9 Å². The van der Waals surface area contributed by atoms with E-state index in [4.69, 9.17) is 0 Å². The standard InChI is InChI=1S/C13H13N7O/c21-13(9-3-4-10-6-14-8-19(10)7-9)20-5-1-2-11(20)12-15-17-18-16-12/h3-4,6-8,11H,1-2,5H2,(H,15,16,17,18)/t11-/m1/s1. The third kappa shape index (κ3) is 1.95. The summed E-state index contributed by atoms with van der Waals surface area (Å²) in [5.41, 5.74) is 1.60. The smallest absolute Gasteiger partial charge is 0.255 e. The quantitative estimate of drug-likeness (QED) is 0.752. The third-order valence-electron chi connectivity index (χ3n) is 3.83. The fourth-order valence-corrected chi connectivity index (χ4v) is 2.80. The molecule has 1 fully saturated rings. The first-order chi connectivity index (χ1) is 10.3. The highest BCUT2D eigenvalue weighted by Gasteiger charge is 2.33. The van der Waals surface area contributed by atoms with E-state index < -0.39 is 0 Å². The monoisotopic (exact) mass is 283 g/mol. The predicted octanol–water partition coefficient (Wildman–Crippen LogP) is 0.825. The molecule has 0 aliphatic carbocycles. The van der Waals surface area contributed by atoms with Gasteiger partial charge in [0.25, 0.3) is 5.91 Å². The van der Waals surface area contributed by atoms with E-state index in [1.54, 1.807) is 18.7 Å². The van der Waals surface area contributed by atoms with E-state index in [2.05, 4.69) is 25.6 Å². The molecule has 0 radical (unpaired) electrons. The van der Waals surface area contributed by atoms with Gasteiger partial charge in [0.2, 0.25) is 0 Å². The average Bonchev–Trinajstić information content (AvgIpc) is 3.24. The lowest BCUT2D eigenvalue weighted by Gasteiger charge is -2.22. The van der Waals surface area contributed by atoms with Crippen molar-refractivity contribution >= 4 is 11.4 Å². The molecular weight excluding hydrogens is 270 g/mol. The number of tetrazole rings is 1. The molecule has 3 aromatic rings. The number of nitrogens with one attached hydrogen (secondary N) is 1. The first-order valence-corrected chi connectivity index (χ1v) is 6.79. The fourth-order valence-electron chi connectivity index (χ4n) is 2.80. The molecule has 21 heavy (non-hydrogen) atoms. The van der Waals surface area contributed by atoms with Gasteiger partial charge in [0, 0.05) is 12.7 Å². The van der Waals surface area contributed by atoms with Crippen LogP contribution >= 0.6 is 0 Å². The van der Waals surface area contributed by atoms with Crippen LogP contribution in [0.5, 0.6) is 0 Å². The van der Waals surface area contributed by atoms with Crippen molar-refractivity contribution < 1.29 is 4.79 Å². The van der Waals surface area contributed by atoms with Crippen molar-refractivity contribution in [1.82, 2.24) is 34.9 Å². The van der Waals surface area contributed by atoms with Crippen LogP contribution in [-0.2, 0) is 0 Å². The average molecular weight is 283 g/mol. The number of nitrogens with zero attached hydrogens (tertiary/aromatic N) is 6. The summed E-state index contributed by atoms with van der Waals surface area (Å²) in [5, 5.41) is 14.0. The number of aromatic nitrogens is 6. The Bertz CT molecular complexity index is 779. The molecule has 0 saturated carbocycles. The Kier molecular flexibility index (Phi) is 2.66. The highest BCUT2D eigenvalue weighted by molar-refractivity contribution is 5.94. The first kappa shape index (κ1) is 12.0. The number of hydrogen-bond donors (Lipinski definition) is 1. The second-order valence-corrected chi connectivity index (χ2v) is 5.07. The number of imidazole rings is 1. The molecule has 4 heterocycles. The molecular formula is C13H13N7O. The van der Waals surface area contributed by atoms with Crippen LogP contribution in [0.25, 0.3) is 5.52 Å². The third-order valence-corrected chi connectivity index (χ3v) is 3.83. The minimum Gasteiger partial charge on any atom is -0.328 e. The molecule has 8 nitrogen and oxygen atoms in total. The molecule has 1 atom stereocenters. The number of hydrogen-bond acceptors (Lipinski definition) is 5. The maximum Gasteiger partial charge on any atom is 0.255 e. The molecule has 0 spiro atoms. The Hall–Kier alpha value is -2.77. The Morgan fingerprint density at radius 2 is 2.33 bits per heavy atom. The topological polar surface area (TPSA) is 92.1 Å². The minimum absolute atomic E-state index is 0.0158. The van der Waals surface area contributed by atoms with Crippen LogP contribution in [0, 0.1) is 0 Å². The fraction of sp³-hybridized carbons (Fsp3) is 0.308. The summed E-state index contributed by atoms with van der Waals surface area (Å²) in [6.45, 7) is 0.708. The highest BCUT2D eigenvalue weighted by atomic mass is 16.2. The van der Waals surface area contributed by atoms with Gasteiger partial charge in [-0.25, -0.2) is 4.98 Å². The van der Waals surface area contributed by atoms with Gasteiger partial charge in [0.1, 0.15) is 0 Å². The number of carbonyl (C=O) groups excluding carboxylic acids is 1. The van der Waals surface area contributed by atoms with Gasteiger partial charge in [0.15, 0.2) is 5.82 Å². The maximum absolute atomic E-state index is 12.7. The van der Waals surface area contributed by atoms with Crippen LogP contribution in [0.15, 0.2) is 30.9 Å². The van der Waals surface area contributed by atoms with Gasteiger partial charge in [0.05, 0.1) is 29.6 Å². The number of carbonyl (C=O) groups is 1. The van der Waals surface area contributed by atoms with E-state index in [0.29, 0.717) is 17.9 Å². The largest absolute Gasteiger partial charge is 0.328 e. The van der Waals surface area contributed by atoms with Crippen molar-refractivity contribution in [1.29, 1.82) is 0 Å². The summed E-state index contributed by atoms with van der Waals surface area (Å²) in [5.74, 6) is 0.558. The van der Waals surface area contributed by atoms with E-state index in [1.807, 2.05) is 21.4 Å². The summed E-state index contributed by atoms with van der Waals surface area (Å²) in [4.78, 5) is 18.6. The highest BCUT2D eigenvalue weighted by Crippen LogP contribution is 2.30. The normalized spacial score (nSPS) is 18.5. The van der Waals surface area contributed by atoms with E-state index in [9.17, 15) is 4.79 Å². The molecule has 0 bridgehead atoms. The SMILES string of the molecule is O=C(c1ccc2cncn2c1)N1CCC[C@@H]1c1nn[nH]n1. The Morgan fingerprint density at radius 3 is 3.19 bits per heavy atom. The van der Waals surface area contributed by atoms with Crippen LogP contribution in [0.4, 0.5) is 0 Å². The number of amides is 1. The van der Waals surface area contributed by atoms with Crippen molar-refractivity contribution in [2.45, 2.75) is 18.9 Å². The molecule has 1 saturated heterocycles. The Morgan fingerprint density at radius 1 is 1.38 bits per heavy atom. The van der Waals surface area contributed by atoms with Crippen LogP contribution in [-0.4, -0.2) is 47.4 Å². The second kappa shape index (κ2) is 4.65. The summed E-state index contributed by atoms with van der Waals surface area (Å²) >= 11 is 0. The number of aromatic amines is 1. The van der Waals surface area contributed by atoms with Gasteiger partial charge in [-0.2, -0.15) is 5.21 Å². The molecule has 0 aromatic carbocycles. The van der Waals surface area contributed by atoms with Gasteiger partial charge >= 0.3 is 0 Å². The Balaban J connectivity index is 1.66. The molecule has 1 aliphatic heterocycles. The number of pyridine rings is 1. The van der Waals surface area contributed by atoms with Crippen molar-refractivity contribution in [3.8, 4) is 0 Å². The molecule has 3 aromatic heterocycles. The second-order valence-electron chi connectivity index (χ2n) is 5.07. The molecule has 1 aliphatic rings. The van der Waals surface area contributed by atoms with Crippen LogP contribution in [0.2, 0.25) is 0 Å². The number of rotatable bonds is 2. The number of likely N-dealkylation sites (tertiary alicyclic amines) is 1. The van der Waals surface area contributed by atoms with Gasteiger partial charge < -0.3 is 9.30 Å². The molecule has 106 valence electrons. The lowest BCUT2D eigenvalue weighted by atomic mass is 10.2. The maximum atomic E-state index is 12.7. The number of fused-ring (bicyclic) bond motifs is 1. The van der Waals surface area contributed by atoms with Crippen molar-refractivity contribution in [3.63, 3.8) is 0 Å². The molecule has 0 unspecified atom stereocenters. The van der Waals surface area contributed by atoms with Gasteiger partial charge in [-0.1, -0.05) is 5.21 Å². The van der Waals surface area contributed by atoms with Gasteiger partial charge in [-0.15, -0.1) is 10.2 Å². The predicted molar refractivity (Wildman–Crippen MR) is 72.4 cm³/mol. The molecule has 8 heteroatoms. The van der Waals surface area contributed by atoms with Crippen molar-refractivity contribution in [2.75, 3.05) is 6.54 Å². The van der Waals surface area contributed by atoms with Crippen LogP contribution < -0.4 is 0 Å². The first-order valence-electron chi connectivity index (χ1n) is 6.79. The van der Waals surface area contributed by atoms with Gasteiger partial charge in [-0.3, -0.25) is 4.79 Å².